The summed E-state index contributed by atoms with van der Waals surface area (Å²) in [7, 11) is 0. The molecule has 2 unspecified atom stereocenters. The fraction of sp³-hybridized carbons (Fsp3) is 0.806. The lowest BCUT2D eigenvalue weighted by Crippen LogP contribution is -2.48. The van der Waals surface area contributed by atoms with Crippen molar-refractivity contribution in [1.29, 1.82) is 0 Å². The van der Waals surface area contributed by atoms with Crippen molar-refractivity contribution in [3.8, 4) is 0 Å². The van der Waals surface area contributed by atoms with Crippen LogP contribution in [0.3, 0.4) is 0 Å². The van der Waals surface area contributed by atoms with Crippen LogP contribution in [0.4, 0.5) is 0 Å². The number of carbonyl (C=O) groups is 6. The highest BCUT2D eigenvalue weighted by Crippen LogP contribution is 2.04. The summed E-state index contributed by atoms with van der Waals surface area (Å²) in [6.45, 7) is 16.4. The number of carboxylic acids is 2. The molecule has 4 amide bonds. The number of hydrogen-bond donors (Lipinski definition) is 8. The third kappa shape index (κ3) is 29.2. The minimum atomic E-state index is -1.07. The SMILES string of the molecule is CC(C)NCC(NC(=O)CCCC(=O)NC(C)C)C(=O)O.CC(C)NCCCCC(NC(=O)CCCC(=O)NC(C)C)C(=O)O. The Morgan fingerprint density at radius 2 is 0.844 bits per heavy atom. The first-order chi connectivity index (χ1) is 20.9. The second-order valence-electron chi connectivity index (χ2n) is 12.2. The van der Waals surface area contributed by atoms with Crippen LogP contribution in [0.5, 0.6) is 0 Å². The normalized spacial score (nSPS) is 12.3. The molecule has 0 radical (unpaired) electrons. The predicted octanol–water partition coefficient (Wildman–Crippen LogP) is 1.67. The van der Waals surface area contributed by atoms with E-state index in [-0.39, 0.29) is 74.0 Å². The maximum atomic E-state index is 11.8. The first-order valence-corrected chi connectivity index (χ1v) is 16.0. The average molecular weight is 645 g/mol. The van der Waals surface area contributed by atoms with Crippen LogP contribution in [-0.2, 0) is 28.8 Å². The van der Waals surface area contributed by atoms with Crippen molar-refractivity contribution in [3.05, 3.63) is 0 Å². The maximum absolute atomic E-state index is 11.8. The summed E-state index contributed by atoms with van der Waals surface area (Å²) in [6, 6.07) is -1.11. The first kappa shape index (κ1) is 43.9. The molecule has 0 aliphatic heterocycles. The molecule has 0 saturated carbocycles. The number of aliphatic carboxylic acids is 2. The van der Waals surface area contributed by atoms with Crippen molar-refractivity contribution in [2.45, 2.75) is 149 Å². The molecule has 0 aromatic carbocycles. The molecule has 45 heavy (non-hydrogen) atoms. The van der Waals surface area contributed by atoms with Crippen molar-refractivity contribution in [2.75, 3.05) is 13.1 Å². The number of hydrogen-bond acceptors (Lipinski definition) is 8. The zero-order valence-electron chi connectivity index (χ0n) is 28.6. The van der Waals surface area contributed by atoms with Crippen LogP contribution in [0, 0.1) is 0 Å². The average Bonchev–Trinajstić information content (AvgIpc) is 2.89. The summed E-state index contributed by atoms with van der Waals surface area (Å²) in [5, 5.41) is 34.9. The Balaban J connectivity index is 0. The topological polar surface area (TPSA) is 215 Å². The van der Waals surface area contributed by atoms with E-state index in [9.17, 15) is 33.9 Å². The lowest BCUT2D eigenvalue weighted by molar-refractivity contribution is -0.142. The molecular weight excluding hydrogens is 584 g/mol. The van der Waals surface area contributed by atoms with Crippen molar-refractivity contribution in [3.63, 3.8) is 0 Å². The summed E-state index contributed by atoms with van der Waals surface area (Å²) < 4.78 is 0. The molecule has 14 nitrogen and oxygen atoms in total. The molecule has 0 saturated heterocycles. The number of carbonyl (C=O) groups excluding carboxylic acids is 4. The van der Waals surface area contributed by atoms with E-state index in [0.717, 1.165) is 19.4 Å². The molecule has 0 aromatic rings. The van der Waals surface area contributed by atoms with Gasteiger partial charge >= 0.3 is 11.9 Å². The van der Waals surface area contributed by atoms with Crippen LogP contribution in [0.25, 0.3) is 0 Å². The predicted molar refractivity (Wildman–Crippen MR) is 174 cm³/mol. The zero-order chi connectivity index (χ0) is 34.9. The van der Waals surface area contributed by atoms with Gasteiger partial charge in [-0.05, 0) is 66.3 Å². The lowest BCUT2D eigenvalue weighted by Gasteiger charge is -2.17. The van der Waals surface area contributed by atoms with E-state index in [4.69, 9.17) is 5.11 Å². The summed E-state index contributed by atoms with van der Waals surface area (Å²) in [6.07, 6.45) is 3.64. The Morgan fingerprint density at radius 3 is 1.20 bits per heavy atom. The molecule has 8 N–H and O–H groups in total. The number of amides is 4. The van der Waals surface area contributed by atoms with Gasteiger partial charge in [-0.1, -0.05) is 27.7 Å². The summed E-state index contributed by atoms with van der Waals surface area (Å²) in [4.78, 5) is 68.6. The molecule has 0 bridgehead atoms. The Labute approximate surface area is 269 Å². The van der Waals surface area contributed by atoms with Gasteiger partial charge in [0.25, 0.3) is 0 Å². The highest BCUT2D eigenvalue weighted by atomic mass is 16.4. The van der Waals surface area contributed by atoms with Crippen LogP contribution in [-0.4, -0.2) is 95.1 Å². The molecule has 0 spiro atoms. The summed E-state index contributed by atoms with van der Waals surface area (Å²) >= 11 is 0. The molecule has 0 rings (SSSR count). The second kappa shape index (κ2) is 26.0. The third-order valence-electron chi connectivity index (χ3n) is 5.98. The Morgan fingerprint density at radius 1 is 0.467 bits per heavy atom. The van der Waals surface area contributed by atoms with Gasteiger partial charge in [0.1, 0.15) is 12.1 Å². The maximum Gasteiger partial charge on any atom is 0.327 e. The van der Waals surface area contributed by atoms with E-state index in [1.807, 2.05) is 41.5 Å². The highest BCUT2D eigenvalue weighted by molar-refractivity contribution is 5.85. The van der Waals surface area contributed by atoms with Crippen LogP contribution >= 0.6 is 0 Å². The van der Waals surface area contributed by atoms with Gasteiger partial charge in [-0.2, -0.15) is 0 Å². The molecule has 0 aromatic heterocycles. The fourth-order valence-electron chi connectivity index (χ4n) is 3.82. The quantitative estimate of drug-likeness (QED) is 0.0753. The van der Waals surface area contributed by atoms with Gasteiger partial charge in [0.05, 0.1) is 0 Å². The van der Waals surface area contributed by atoms with Gasteiger partial charge in [0, 0.05) is 56.4 Å². The third-order valence-corrected chi connectivity index (χ3v) is 5.98. The molecular formula is C31H60N6O8. The minimum absolute atomic E-state index is 0.0739. The Hall–Kier alpha value is -3.26. The smallest absolute Gasteiger partial charge is 0.327 e. The van der Waals surface area contributed by atoms with E-state index in [0.29, 0.717) is 25.3 Å². The monoisotopic (exact) mass is 644 g/mol. The van der Waals surface area contributed by atoms with Crippen LogP contribution < -0.4 is 31.9 Å². The van der Waals surface area contributed by atoms with E-state index < -0.39 is 24.0 Å². The zero-order valence-corrected chi connectivity index (χ0v) is 28.6. The molecule has 0 heterocycles. The van der Waals surface area contributed by atoms with E-state index >= 15 is 0 Å². The van der Waals surface area contributed by atoms with Gasteiger partial charge in [-0.25, -0.2) is 9.59 Å². The fourth-order valence-corrected chi connectivity index (χ4v) is 3.82. The van der Waals surface area contributed by atoms with E-state index in [2.05, 4.69) is 45.7 Å². The van der Waals surface area contributed by atoms with Gasteiger partial charge in [0.15, 0.2) is 0 Å². The highest BCUT2D eigenvalue weighted by Gasteiger charge is 2.20. The van der Waals surface area contributed by atoms with Gasteiger partial charge in [0.2, 0.25) is 23.6 Å². The van der Waals surface area contributed by atoms with Crippen LogP contribution in [0.2, 0.25) is 0 Å². The number of carboxylic acid groups (broad SMARTS) is 2. The van der Waals surface area contributed by atoms with Crippen LogP contribution in [0.15, 0.2) is 0 Å². The van der Waals surface area contributed by atoms with Crippen molar-refractivity contribution < 1.29 is 39.0 Å². The first-order valence-electron chi connectivity index (χ1n) is 16.0. The molecule has 262 valence electrons. The van der Waals surface area contributed by atoms with Crippen LogP contribution in [0.1, 0.15) is 113 Å². The summed E-state index contributed by atoms with van der Waals surface area (Å²) in [5.41, 5.74) is 0. The largest absolute Gasteiger partial charge is 0.480 e. The van der Waals surface area contributed by atoms with Gasteiger partial charge in [-0.15, -0.1) is 0 Å². The van der Waals surface area contributed by atoms with Gasteiger partial charge < -0.3 is 42.1 Å². The molecule has 14 heteroatoms. The van der Waals surface area contributed by atoms with Crippen molar-refractivity contribution in [2.24, 2.45) is 0 Å². The minimum Gasteiger partial charge on any atom is -0.480 e. The number of unbranched alkanes of at least 4 members (excludes halogenated alkanes) is 1. The molecule has 0 fully saturated rings. The van der Waals surface area contributed by atoms with Crippen molar-refractivity contribution in [1.82, 2.24) is 31.9 Å². The standard InChI is InChI=1S/C17H33N3O4.C14H27N3O4/c1-12(2)18-11-6-5-8-14(17(23)24)20-16(22)10-7-9-15(21)19-13(3)4;1-9(2)15-8-11(14(20)21)17-13(19)7-5-6-12(18)16-10(3)4/h12-14,18H,5-11H2,1-4H3,(H,19,21)(H,20,22)(H,23,24);9-11,15H,5-8H2,1-4H3,(H,16,18)(H,17,19)(H,20,21). The number of nitrogens with one attached hydrogen (secondary N) is 6. The summed E-state index contributed by atoms with van der Waals surface area (Å²) in [5.74, 6) is -2.96. The Bertz CT molecular complexity index is 895. The second-order valence-corrected chi connectivity index (χ2v) is 12.2. The van der Waals surface area contributed by atoms with Gasteiger partial charge in [-0.3, -0.25) is 19.2 Å². The van der Waals surface area contributed by atoms with Crippen molar-refractivity contribution >= 4 is 35.6 Å². The molecule has 0 aliphatic rings. The Kier molecular flexibility index (Phi) is 25.4. The molecule has 2 atom stereocenters. The lowest BCUT2D eigenvalue weighted by atomic mass is 10.1. The van der Waals surface area contributed by atoms with E-state index in [1.165, 1.54) is 0 Å². The molecule has 0 aliphatic carbocycles. The van der Waals surface area contributed by atoms with E-state index in [1.54, 1.807) is 0 Å². The number of rotatable bonds is 23.